The van der Waals surface area contributed by atoms with Crippen LogP contribution in [0.25, 0.3) is 0 Å². The van der Waals surface area contributed by atoms with Gasteiger partial charge in [0, 0.05) is 24.6 Å². The van der Waals surface area contributed by atoms with Gasteiger partial charge in [0.15, 0.2) is 11.5 Å². The van der Waals surface area contributed by atoms with Crippen molar-refractivity contribution in [3.63, 3.8) is 0 Å². The molecule has 136 valence electrons. The van der Waals surface area contributed by atoms with Gasteiger partial charge < -0.3 is 19.7 Å². The van der Waals surface area contributed by atoms with Crippen LogP contribution in [-0.4, -0.2) is 49.3 Å². The summed E-state index contributed by atoms with van der Waals surface area (Å²) in [4.78, 5) is 25.9. The Morgan fingerprint density at radius 3 is 2.52 bits per heavy atom. The minimum Gasteiger partial charge on any atom is -0.454 e. The summed E-state index contributed by atoms with van der Waals surface area (Å²) >= 11 is 0. The van der Waals surface area contributed by atoms with E-state index in [1.807, 2.05) is 5.32 Å². The molecule has 6 nitrogen and oxygen atoms in total. The summed E-state index contributed by atoms with van der Waals surface area (Å²) in [7, 11) is 0. The third-order valence-corrected chi connectivity index (χ3v) is 4.24. The van der Waals surface area contributed by atoms with E-state index >= 15 is 0 Å². The average molecular weight is 358 g/mol. The van der Waals surface area contributed by atoms with Crippen molar-refractivity contribution >= 4 is 11.8 Å². The first-order chi connectivity index (χ1) is 11.8. The third-order valence-electron chi connectivity index (χ3n) is 4.24. The second kappa shape index (κ2) is 6.81. The molecule has 0 aliphatic carbocycles. The standard InChI is InChI=1S/C16H17F3N2O4/c17-16(18,19)8-20-14(22)10-3-5-21(6-4-10)15(23)11-1-2-12-13(7-11)25-9-24-12/h1-2,7,10H,3-6,8-9H2,(H,20,22). The summed E-state index contributed by atoms with van der Waals surface area (Å²) in [6, 6.07) is 4.90. The number of fused-ring (bicyclic) bond motifs is 1. The van der Waals surface area contributed by atoms with E-state index in [2.05, 4.69) is 0 Å². The van der Waals surface area contributed by atoms with E-state index < -0.39 is 24.5 Å². The number of alkyl halides is 3. The van der Waals surface area contributed by atoms with Crippen LogP contribution >= 0.6 is 0 Å². The molecule has 0 saturated carbocycles. The summed E-state index contributed by atoms with van der Waals surface area (Å²) in [6.07, 6.45) is -3.76. The molecule has 0 spiro atoms. The van der Waals surface area contributed by atoms with E-state index in [9.17, 15) is 22.8 Å². The molecule has 0 unspecified atom stereocenters. The maximum absolute atomic E-state index is 12.5. The summed E-state index contributed by atoms with van der Waals surface area (Å²) in [6.45, 7) is -0.581. The van der Waals surface area contributed by atoms with Crippen LogP contribution < -0.4 is 14.8 Å². The number of ether oxygens (including phenoxy) is 2. The van der Waals surface area contributed by atoms with E-state index in [1.165, 1.54) is 0 Å². The number of carbonyl (C=O) groups is 2. The van der Waals surface area contributed by atoms with Crippen molar-refractivity contribution in [3.05, 3.63) is 23.8 Å². The number of likely N-dealkylation sites (tertiary alicyclic amines) is 1. The molecule has 1 aromatic rings. The topological polar surface area (TPSA) is 67.9 Å². The molecule has 9 heteroatoms. The smallest absolute Gasteiger partial charge is 0.405 e. The minimum atomic E-state index is -4.42. The van der Waals surface area contributed by atoms with Crippen LogP contribution in [0.4, 0.5) is 13.2 Å². The third kappa shape index (κ3) is 4.15. The van der Waals surface area contributed by atoms with Crippen molar-refractivity contribution in [1.29, 1.82) is 0 Å². The largest absolute Gasteiger partial charge is 0.454 e. The highest BCUT2D eigenvalue weighted by Gasteiger charge is 2.32. The molecular formula is C16H17F3N2O4. The van der Waals surface area contributed by atoms with E-state index in [0.29, 0.717) is 43.0 Å². The fraction of sp³-hybridized carbons (Fsp3) is 0.500. The number of piperidine rings is 1. The Kier molecular flexibility index (Phi) is 4.73. The molecule has 0 aromatic heterocycles. The van der Waals surface area contributed by atoms with Crippen molar-refractivity contribution in [1.82, 2.24) is 10.2 Å². The van der Waals surface area contributed by atoms with Crippen molar-refractivity contribution in [2.75, 3.05) is 26.4 Å². The van der Waals surface area contributed by atoms with E-state index in [-0.39, 0.29) is 12.7 Å². The summed E-state index contributed by atoms with van der Waals surface area (Å²) in [5.74, 6) is -0.244. The predicted octanol–water partition coefficient (Wildman–Crippen LogP) is 1.95. The number of hydrogen-bond donors (Lipinski definition) is 1. The molecule has 2 aliphatic rings. The monoisotopic (exact) mass is 358 g/mol. The van der Waals surface area contributed by atoms with Gasteiger partial charge in [-0.25, -0.2) is 0 Å². The van der Waals surface area contributed by atoms with Gasteiger partial charge in [-0.1, -0.05) is 0 Å². The zero-order valence-corrected chi connectivity index (χ0v) is 13.3. The Balaban J connectivity index is 1.53. The van der Waals surface area contributed by atoms with Crippen LogP contribution in [0.3, 0.4) is 0 Å². The Hall–Kier alpha value is -2.45. The van der Waals surface area contributed by atoms with Crippen molar-refractivity contribution in [2.24, 2.45) is 5.92 Å². The highest BCUT2D eigenvalue weighted by atomic mass is 19.4. The van der Waals surface area contributed by atoms with Crippen LogP contribution in [-0.2, 0) is 4.79 Å². The Morgan fingerprint density at radius 2 is 1.84 bits per heavy atom. The Morgan fingerprint density at radius 1 is 1.16 bits per heavy atom. The van der Waals surface area contributed by atoms with Crippen LogP contribution in [0.2, 0.25) is 0 Å². The normalized spacial score (nSPS) is 17.5. The van der Waals surface area contributed by atoms with E-state index in [0.717, 1.165) is 0 Å². The quantitative estimate of drug-likeness (QED) is 0.897. The lowest BCUT2D eigenvalue weighted by Gasteiger charge is -2.31. The number of halogens is 3. The lowest BCUT2D eigenvalue weighted by molar-refractivity contribution is -0.141. The van der Waals surface area contributed by atoms with Crippen molar-refractivity contribution in [2.45, 2.75) is 19.0 Å². The van der Waals surface area contributed by atoms with Crippen LogP contribution in [0.1, 0.15) is 23.2 Å². The SMILES string of the molecule is O=C(NCC(F)(F)F)C1CCN(C(=O)c2ccc3c(c2)OCO3)CC1. The molecule has 0 atom stereocenters. The lowest BCUT2D eigenvalue weighted by atomic mass is 9.95. The van der Waals surface area contributed by atoms with Gasteiger partial charge in [0.05, 0.1) is 0 Å². The number of benzene rings is 1. The highest BCUT2D eigenvalue weighted by Crippen LogP contribution is 2.33. The molecule has 0 bridgehead atoms. The van der Waals surface area contributed by atoms with Gasteiger partial charge in [-0.2, -0.15) is 13.2 Å². The summed E-state index contributed by atoms with van der Waals surface area (Å²) in [5, 5.41) is 1.90. The second-order valence-electron chi connectivity index (χ2n) is 5.97. The highest BCUT2D eigenvalue weighted by molar-refractivity contribution is 5.95. The zero-order chi connectivity index (χ0) is 18.0. The molecule has 3 rings (SSSR count). The second-order valence-corrected chi connectivity index (χ2v) is 5.97. The average Bonchev–Trinajstić information content (AvgIpc) is 3.06. The molecule has 1 N–H and O–H groups in total. The molecule has 1 fully saturated rings. The van der Waals surface area contributed by atoms with E-state index in [1.54, 1.807) is 23.1 Å². The number of carbonyl (C=O) groups excluding carboxylic acids is 2. The van der Waals surface area contributed by atoms with E-state index in [4.69, 9.17) is 9.47 Å². The predicted molar refractivity (Wildman–Crippen MR) is 80.3 cm³/mol. The molecule has 2 aliphatic heterocycles. The zero-order valence-electron chi connectivity index (χ0n) is 13.3. The van der Waals surface area contributed by atoms with Crippen molar-refractivity contribution in [3.8, 4) is 11.5 Å². The minimum absolute atomic E-state index is 0.116. The molecule has 1 saturated heterocycles. The first-order valence-corrected chi connectivity index (χ1v) is 7.87. The number of rotatable bonds is 3. The van der Waals surface area contributed by atoms with Gasteiger partial charge in [-0.3, -0.25) is 9.59 Å². The first kappa shape index (κ1) is 17.4. The maximum atomic E-state index is 12.5. The molecule has 0 radical (unpaired) electrons. The van der Waals surface area contributed by atoms with Crippen molar-refractivity contribution < 1.29 is 32.2 Å². The molecule has 25 heavy (non-hydrogen) atoms. The van der Waals surface area contributed by atoms with Crippen LogP contribution in [0.5, 0.6) is 11.5 Å². The number of nitrogens with zero attached hydrogens (tertiary/aromatic N) is 1. The molecule has 1 aromatic carbocycles. The Labute approximate surface area is 141 Å². The van der Waals surface area contributed by atoms with Gasteiger partial charge >= 0.3 is 6.18 Å². The number of hydrogen-bond acceptors (Lipinski definition) is 4. The molecule has 2 amide bonds. The Bertz CT molecular complexity index is 670. The summed E-state index contributed by atoms with van der Waals surface area (Å²) in [5.41, 5.74) is 0.448. The van der Waals surface area contributed by atoms with Gasteiger partial charge in [0.25, 0.3) is 5.91 Å². The fourth-order valence-corrected chi connectivity index (χ4v) is 2.89. The van der Waals surface area contributed by atoms with Gasteiger partial charge in [0.1, 0.15) is 6.54 Å². The van der Waals surface area contributed by atoms with Gasteiger partial charge in [-0.15, -0.1) is 0 Å². The molecule has 2 heterocycles. The maximum Gasteiger partial charge on any atom is 0.405 e. The van der Waals surface area contributed by atoms with Crippen LogP contribution in [0, 0.1) is 5.92 Å². The number of nitrogens with one attached hydrogen (secondary N) is 1. The van der Waals surface area contributed by atoms with Crippen LogP contribution in [0.15, 0.2) is 18.2 Å². The lowest BCUT2D eigenvalue weighted by Crippen LogP contribution is -2.44. The fourth-order valence-electron chi connectivity index (χ4n) is 2.89. The molecular weight excluding hydrogens is 341 g/mol. The van der Waals surface area contributed by atoms with Gasteiger partial charge in [0.2, 0.25) is 12.7 Å². The first-order valence-electron chi connectivity index (χ1n) is 7.87. The summed E-state index contributed by atoms with van der Waals surface area (Å²) < 4.78 is 46.9. The number of amides is 2. The van der Waals surface area contributed by atoms with Gasteiger partial charge in [-0.05, 0) is 31.0 Å².